The van der Waals surface area contributed by atoms with E-state index in [0.29, 0.717) is 5.92 Å². The fourth-order valence-electron chi connectivity index (χ4n) is 8.43. The Kier molecular flexibility index (Phi) is 6.60. The van der Waals surface area contributed by atoms with E-state index in [4.69, 9.17) is 0 Å². The number of benzene rings is 8. The van der Waals surface area contributed by atoms with Crippen molar-refractivity contribution in [2.24, 2.45) is 5.92 Å². The zero-order chi connectivity index (χ0) is 33.2. The van der Waals surface area contributed by atoms with Crippen LogP contribution >= 0.6 is 0 Å². The van der Waals surface area contributed by atoms with Crippen LogP contribution in [0.2, 0.25) is 0 Å². The van der Waals surface area contributed by atoms with Gasteiger partial charge in [0.05, 0.1) is 11.0 Å². The first kappa shape index (κ1) is 28.8. The molecule has 236 valence electrons. The van der Waals surface area contributed by atoms with Crippen LogP contribution in [0.5, 0.6) is 0 Å². The fraction of sp³-hybridized carbons (Fsp3) is 0.0612. The molecule has 9 aromatic rings. The highest BCUT2D eigenvalue weighted by Crippen LogP contribution is 2.44. The molecule has 0 N–H and O–H groups in total. The number of nitrogens with zero attached hydrogens (tertiary/aromatic N) is 1. The van der Waals surface area contributed by atoms with Crippen molar-refractivity contribution in [3.63, 3.8) is 0 Å². The van der Waals surface area contributed by atoms with Gasteiger partial charge in [-0.1, -0.05) is 153 Å². The Morgan fingerprint density at radius 2 is 1.06 bits per heavy atom. The van der Waals surface area contributed by atoms with Crippen LogP contribution in [0.1, 0.15) is 18.9 Å². The van der Waals surface area contributed by atoms with E-state index in [2.05, 4.69) is 187 Å². The Hall–Kier alpha value is -6.18. The molecule has 0 spiro atoms. The first-order valence-electron chi connectivity index (χ1n) is 17.7. The molecule has 0 saturated carbocycles. The van der Waals surface area contributed by atoms with Crippen LogP contribution in [0.4, 0.5) is 0 Å². The van der Waals surface area contributed by atoms with Gasteiger partial charge in [-0.25, -0.2) is 0 Å². The van der Waals surface area contributed by atoms with Crippen LogP contribution in [-0.2, 0) is 0 Å². The maximum atomic E-state index is 2.44. The molecule has 1 unspecified atom stereocenters. The predicted molar refractivity (Wildman–Crippen MR) is 215 cm³/mol. The molecule has 1 heterocycles. The van der Waals surface area contributed by atoms with E-state index in [1.165, 1.54) is 87.5 Å². The molecule has 0 fully saturated rings. The molecule has 1 aromatic heterocycles. The second kappa shape index (κ2) is 11.5. The number of para-hydroxylation sites is 1. The third kappa shape index (κ3) is 4.47. The van der Waals surface area contributed by atoms with Gasteiger partial charge >= 0.3 is 0 Å². The molecular formula is C49H35N. The van der Waals surface area contributed by atoms with Crippen LogP contribution in [0, 0.1) is 5.92 Å². The van der Waals surface area contributed by atoms with Crippen molar-refractivity contribution in [1.29, 1.82) is 0 Å². The van der Waals surface area contributed by atoms with Gasteiger partial charge in [0.1, 0.15) is 0 Å². The molecule has 1 atom stereocenters. The summed E-state index contributed by atoms with van der Waals surface area (Å²) in [6, 6.07) is 58.2. The van der Waals surface area contributed by atoms with Crippen molar-refractivity contribution in [2.45, 2.75) is 13.3 Å². The Morgan fingerprint density at radius 1 is 0.480 bits per heavy atom. The van der Waals surface area contributed by atoms with E-state index in [1.807, 2.05) is 0 Å². The number of hydrogen-bond donors (Lipinski definition) is 0. The number of rotatable bonds is 4. The first-order valence-corrected chi connectivity index (χ1v) is 17.7. The smallest absolute Gasteiger partial charge is 0.0541 e. The average Bonchev–Trinajstić information content (AvgIpc) is 3.50. The summed E-state index contributed by atoms with van der Waals surface area (Å²) in [6.07, 6.45) is 8.19. The van der Waals surface area contributed by atoms with E-state index in [-0.39, 0.29) is 0 Å². The van der Waals surface area contributed by atoms with Gasteiger partial charge in [-0.3, -0.25) is 0 Å². The molecule has 50 heavy (non-hydrogen) atoms. The lowest BCUT2D eigenvalue weighted by Crippen LogP contribution is -1.98. The third-order valence-electron chi connectivity index (χ3n) is 10.7. The topological polar surface area (TPSA) is 4.93 Å². The maximum absolute atomic E-state index is 2.44. The summed E-state index contributed by atoms with van der Waals surface area (Å²) >= 11 is 0. The molecule has 1 nitrogen and oxygen atoms in total. The Labute approximate surface area is 292 Å². The monoisotopic (exact) mass is 637 g/mol. The highest BCUT2D eigenvalue weighted by atomic mass is 15.0. The molecule has 0 amide bonds. The van der Waals surface area contributed by atoms with Crippen molar-refractivity contribution in [1.82, 2.24) is 4.57 Å². The van der Waals surface area contributed by atoms with Crippen LogP contribution in [-0.4, -0.2) is 4.57 Å². The van der Waals surface area contributed by atoms with Gasteiger partial charge in [0.15, 0.2) is 0 Å². The van der Waals surface area contributed by atoms with Gasteiger partial charge in [0.25, 0.3) is 0 Å². The minimum absolute atomic E-state index is 0.533. The number of allylic oxidation sites excluding steroid dienone is 4. The molecule has 0 saturated heterocycles. The summed E-state index contributed by atoms with van der Waals surface area (Å²) in [5, 5.41) is 10.3. The molecular weight excluding hydrogens is 603 g/mol. The molecule has 10 rings (SSSR count). The summed E-state index contributed by atoms with van der Waals surface area (Å²) in [4.78, 5) is 0. The maximum Gasteiger partial charge on any atom is 0.0541 e. The highest BCUT2D eigenvalue weighted by molar-refractivity contribution is 6.19. The second-order valence-corrected chi connectivity index (χ2v) is 13.7. The standard InChI is InChI=1S/C49H35N/c1-32-12-10-15-36(30-32)49-43-20-6-4-18-41(43)48(42-19-5-7-21-44(42)49)34-24-27-37(28-25-34)50-46-23-9-8-17-40(46)45-31-35(26-29-47(45)50)39-22-11-14-33-13-2-3-16-38(33)39/h2-11,13-32H,12H2,1H3. The number of aromatic nitrogens is 1. The summed E-state index contributed by atoms with van der Waals surface area (Å²) in [7, 11) is 0. The Morgan fingerprint density at radius 3 is 1.78 bits per heavy atom. The number of hydrogen-bond acceptors (Lipinski definition) is 0. The highest BCUT2D eigenvalue weighted by Gasteiger charge is 2.19. The molecule has 0 radical (unpaired) electrons. The second-order valence-electron chi connectivity index (χ2n) is 13.7. The summed E-state index contributed by atoms with van der Waals surface area (Å²) in [6.45, 7) is 2.31. The minimum atomic E-state index is 0.533. The van der Waals surface area contributed by atoms with Gasteiger partial charge in [-0.2, -0.15) is 0 Å². The zero-order valence-electron chi connectivity index (χ0n) is 28.0. The predicted octanol–water partition coefficient (Wildman–Crippen LogP) is 13.6. The van der Waals surface area contributed by atoms with Gasteiger partial charge in [0, 0.05) is 16.5 Å². The van der Waals surface area contributed by atoms with Gasteiger partial charge in [-0.15, -0.1) is 0 Å². The first-order chi connectivity index (χ1) is 24.7. The van der Waals surface area contributed by atoms with Crippen molar-refractivity contribution in [3.8, 4) is 27.9 Å². The van der Waals surface area contributed by atoms with Crippen LogP contribution in [0.25, 0.3) is 87.6 Å². The molecule has 0 bridgehead atoms. The molecule has 0 aliphatic heterocycles. The van der Waals surface area contributed by atoms with Crippen LogP contribution in [0.3, 0.4) is 0 Å². The van der Waals surface area contributed by atoms with Gasteiger partial charge in [0.2, 0.25) is 0 Å². The van der Waals surface area contributed by atoms with E-state index in [0.717, 1.165) is 12.1 Å². The van der Waals surface area contributed by atoms with Gasteiger partial charge < -0.3 is 4.57 Å². The van der Waals surface area contributed by atoms with Crippen LogP contribution < -0.4 is 0 Å². The molecule has 1 aliphatic rings. The fourth-order valence-corrected chi connectivity index (χ4v) is 8.43. The largest absolute Gasteiger partial charge is 0.309 e. The molecule has 1 heteroatoms. The van der Waals surface area contributed by atoms with E-state index in [9.17, 15) is 0 Å². The average molecular weight is 638 g/mol. The number of fused-ring (bicyclic) bond motifs is 6. The summed E-state index contributed by atoms with van der Waals surface area (Å²) in [5.74, 6) is 0.533. The van der Waals surface area contributed by atoms with Crippen molar-refractivity contribution in [2.75, 3.05) is 0 Å². The van der Waals surface area contributed by atoms with Crippen LogP contribution in [0.15, 0.2) is 176 Å². The third-order valence-corrected chi connectivity index (χ3v) is 10.7. The summed E-state index contributed by atoms with van der Waals surface area (Å²) < 4.78 is 2.42. The van der Waals surface area contributed by atoms with Crippen molar-refractivity contribution in [3.05, 3.63) is 182 Å². The quantitative estimate of drug-likeness (QED) is 0.169. The lowest BCUT2D eigenvalue weighted by atomic mass is 9.83. The van der Waals surface area contributed by atoms with E-state index >= 15 is 0 Å². The molecule has 8 aromatic carbocycles. The zero-order valence-corrected chi connectivity index (χ0v) is 28.0. The SMILES string of the molecule is CC1C=C(c2c3ccccc3c(-c3ccc(-n4c5ccccc5c5cc(-c6cccc7ccccc67)ccc54)cc3)c3ccccc23)C=CC1. The van der Waals surface area contributed by atoms with Crippen molar-refractivity contribution >= 4 is 59.7 Å². The summed E-state index contributed by atoms with van der Waals surface area (Å²) in [5.41, 5.74) is 11.3. The lowest BCUT2D eigenvalue weighted by molar-refractivity contribution is 0.740. The minimum Gasteiger partial charge on any atom is -0.309 e. The van der Waals surface area contributed by atoms with E-state index < -0.39 is 0 Å². The lowest BCUT2D eigenvalue weighted by Gasteiger charge is -2.20. The van der Waals surface area contributed by atoms with Gasteiger partial charge in [-0.05, 0) is 108 Å². The normalized spacial score (nSPS) is 14.7. The Bertz CT molecular complexity index is 2780. The molecule has 1 aliphatic carbocycles. The Balaban J connectivity index is 1.14. The van der Waals surface area contributed by atoms with Crippen molar-refractivity contribution < 1.29 is 0 Å². The van der Waals surface area contributed by atoms with E-state index in [1.54, 1.807) is 0 Å².